The third kappa shape index (κ3) is 4.91. The van der Waals surface area contributed by atoms with Crippen LogP contribution in [0.25, 0.3) is 16.3 Å². The Bertz CT molecular complexity index is 1040. The molecule has 1 aromatic carbocycles. The molecule has 1 saturated heterocycles. The van der Waals surface area contributed by atoms with Crippen LogP contribution >= 0.6 is 23.1 Å². The van der Waals surface area contributed by atoms with Crippen molar-refractivity contribution in [2.45, 2.75) is 18.9 Å². The molecule has 0 aliphatic carbocycles. The van der Waals surface area contributed by atoms with Gasteiger partial charge in [-0.25, -0.2) is 9.97 Å². The van der Waals surface area contributed by atoms with Gasteiger partial charge in [0.15, 0.2) is 0 Å². The Labute approximate surface area is 185 Å². The standard InChI is InChI=1S/C23H26N4OS2/c1-17-18(2)30-23-21(17)22(24-16-25-23)29-15-20(28)27-13-11-26(12-14-27)10-6-9-19-7-4-3-5-8-19/h3-9,16H,10-15H2,1-2H3/b9-6+. The molecule has 0 radical (unpaired) electrons. The zero-order chi connectivity index (χ0) is 20.9. The SMILES string of the molecule is Cc1sc2ncnc(SCC(=O)N3CCN(C/C=C/c4ccccc4)CC3)c2c1C. The van der Waals surface area contributed by atoms with Gasteiger partial charge in [0, 0.05) is 43.0 Å². The smallest absolute Gasteiger partial charge is 0.233 e. The van der Waals surface area contributed by atoms with Crippen molar-refractivity contribution in [2.75, 3.05) is 38.5 Å². The molecule has 3 heterocycles. The number of amides is 1. The Balaban J connectivity index is 1.26. The number of thioether (sulfide) groups is 1. The summed E-state index contributed by atoms with van der Waals surface area (Å²) in [6.07, 6.45) is 5.96. The normalized spacial score (nSPS) is 15.3. The number of rotatable bonds is 6. The van der Waals surface area contributed by atoms with E-state index in [0.29, 0.717) is 5.75 Å². The summed E-state index contributed by atoms with van der Waals surface area (Å²) in [7, 11) is 0. The summed E-state index contributed by atoms with van der Waals surface area (Å²) in [6.45, 7) is 8.53. The van der Waals surface area contributed by atoms with Gasteiger partial charge < -0.3 is 4.90 Å². The Morgan fingerprint density at radius 1 is 1.13 bits per heavy atom. The van der Waals surface area contributed by atoms with Crippen LogP contribution in [-0.4, -0.2) is 64.2 Å². The third-order valence-corrected chi connectivity index (χ3v) is 7.55. The molecule has 0 N–H and O–H groups in total. The van der Waals surface area contributed by atoms with Crippen LogP contribution in [0, 0.1) is 13.8 Å². The molecule has 1 aliphatic heterocycles. The zero-order valence-electron chi connectivity index (χ0n) is 17.4. The fourth-order valence-corrected chi connectivity index (χ4v) is 5.58. The molecular weight excluding hydrogens is 412 g/mol. The first-order valence-electron chi connectivity index (χ1n) is 10.2. The zero-order valence-corrected chi connectivity index (χ0v) is 19.0. The van der Waals surface area contributed by atoms with E-state index in [-0.39, 0.29) is 5.91 Å². The molecule has 0 spiro atoms. The molecule has 2 aromatic heterocycles. The molecular formula is C23H26N4OS2. The molecule has 0 bridgehead atoms. The van der Waals surface area contributed by atoms with Crippen molar-refractivity contribution >= 4 is 45.3 Å². The molecule has 30 heavy (non-hydrogen) atoms. The minimum atomic E-state index is 0.191. The maximum Gasteiger partial charge on any atom is 0.233 e. The van der Waals surface area contributed by atoms with Gasteiger partial charge in [-0.2, -0.15) is 0 Å². The maximum absolute atomic E-state index is 12.7. The predicted octanol–water partition coefficient (Wildman–Crippen LogP) is 4.26. The van der Waals surface area contributed by atoms with Gasteiger partial charge in [-0.15, -0.1) is 11.3 Å². The molecule has 156 valence electrons. The lowest BCUT2D eigenvalue weighted by molar-refractivity contribution is -0.129. The number of aromatic nitrogens is 2. The Kier molecular flexibility index (Phi) is 6.82. The number of thiophene rings is 1. The van der Waals surface area contributed by atoms with E-state index in [9.17, 15) is 4.79 Å². The van der Waals surface area contributed by atoms with E-state index in [4.69, 9.17) is 0 Å². The van der Waals surface area contributed by atoms with Crippen molar-refractivity contribution in [3.63, 3.8) is 0 Å². The molecule has 7 heteroatoms. The van der Waals surface area contributed by atoms with Crippen LogP contribution in [0.3, 0.4) is 0 Å². The van der Waals surface area contributed by atoms with E-state index in [1.807, 2.05) is 11.0 Å². The van der Waals surface area contributed by atoms with Gasteiger partial charge in [-0.3, -0.25) is 9.69 Å². The molecule has 4 rings (SSSR count). The topological polar surface area (TPSA) is 49.3 Å². The van der Waals surface area contributed by atoms with Gasteiger partial charge in [0.2, 0.25) is 5.91 Å². The number of hydrogen-bond donors (Lipinski definition) is 0. The Morgan fingerprint density at radius 3 is 2.67 bits per heavy atom. The summed E-state index contributed by atoms with van der Waals surface area (Å²) in [5.74, 6) is 0.616. The van der Waals surface area contributed by atoms with Crippen LogP contribution in [0.15, 0.2) is 47.8 Å². The van der Waals surface area contributed by atoms with Gasteiger partial charge >= 0.3 is 0 Å². The third-order valence-electron chi connectivity index (χ3n) is 5.46. The number of aryl methyl sites for hydroxylation is 2. The van der Waals surface area contributed by atoms with Crippen LogP contribution in [-0.2, 0) is 4.79 Å². The molecule has 0 unspecified atom stereocenters. The second-order valence-electron chi connectivity index (χ2n) is 7.43. The molecule has 0 atom stereocenters. The van der Waals surface area contributed by atoms with Crippen LogP contribution in [0.1, 0.15) is 16.0 Å². The lowest BCUT2D eigenvalue weighted by Crippen LogP contribution is -2.49. The number of hydrogen-bond acceptors (Lipinski definition) is 6. The number of carbonyl (C=O) groups excluding carboxylic acids is 1. The lowest BCUT2D eigenvalue weighted by atomic mass is 10.2. The summed E-state index contributed by atoms with van der Waals surface area (Å²) in [5, 5.41) is 2.02. The van der Waals surface area contributed by atoms with Gasteiger partial charge in [-0.05, 0) is 25.0 Å². The minimum absolute atomic E-state index is 0.191. The van der Waals surface area contributed by atoms with Gasteiger partial charge in [-0.1, -0.05) is 54.2 Å². The van der Waals surface area contributed by atoms with Crippen molar-refractivity contribution in [1.29, 1.82) is 0 Å². The highest BCUT2D eigenvalue weighted by atomic mass is 32.2. The summed E-state index contributed by atoms with van der Waals surface area (Å²) in [5.41, 5.74) is 2.45. The largest absolute Gasteiger partial charge is 0.339 e. The molecule has 3 aromatic rings. The van der Waals surface area contributed by atoms with Crippen molar-refractivity contribution < 1.29 is 4.79 Å². The summed E-state index contributed by atoms with van der Waals surface area (Å²) in [6, 6.07) is 10.3. The second-order valence-corrected chi connectivity index (χ2v) is 9.59. The summed E-state index contributed by atoms with van der Waals surface area (Å²) < 4.78 is 0. The average molecular weight is 439 g/mol. The maximum atomic E-state index is 12.7. The first-order chi connectivity index (χ1) is 14.6. The number of benzene rings is 1. The van der Waals surface area contributed by atoms with E-state index < -0.39 is 0 Å². The highest BCUT2D eigenvalue weighted by Crippen LogP contribution is 2.34. The fourth-order valence-electron chi connectivity index (χ4n) is 3.56. The van der Waals surface area contributed by atoms with Gasteiger partial charge in [0.25, 0.3) is 0 Å². The van der Waals surface area contributed by atoms with E-state index in [0.717, 1.165) is 48.0 Å². The summed E-state index contributed by atoms with van der Waals surface area (Å²) >= 11 is 3.22. The van der Waals surface area contributed by atoms with Crippen LogP contribution in [0.2, 0.25) is 0 Å². The highest BCUT2D eigenvalue weighted by molar-refractivity contribution is 8.00. The first kappa shape index (κ1) is 21.0. The van der Waals surface area contributed by atoms with Crippen molar-refractivity contribution in [3.05, 3.63) is 58.7 Å². The number of carbonyl (C=O) groups is 1. The van der Waals surface area contributed by atoms with Crippen LogP contribution in [0.4, 0.5) is 0 Å². The van der Waals surface area contributed by atoms with Crippen molar-refractivity contribution in [2.24, 2.45) is 0 Å². The van der Waals surface area contributed by atoms with E-state index in [2.05, 4.69) is 65.1 Å². The molecule has 1 fully saturated rings. The Morgan fingerprint density at radius 2 is 1.90 bits per heavy atom. The van der Waals surface area contributed by atoms with Crippen molar-refractivity contribution in [3.8, 4) is 0 Å². The van der Waals surface area contributed by atoms with E-state index in [1.165, 1.54) is 27.8 Å². The van der Waals surface area contributed by atoms with Gasteiger partial charge in [0.05, 0.1) is 5.75 Å². The highest BCUT2D eigenvalue weighted by Gasteiger charge is 2.21. The second kappa shape index (κ2) is 9.73. The molecule has 1 amide bonds. The average Bonchev–Trinajstić information content (AvgIpc) is 3.07. The van der Waals surface area contributed by atoms with Gasteiger partial charge in [0.1, 0.15) is 16.2 Å². The minimum Gasteiger partial charge on any atom is -0.339 e. The molecule has 0 saturated carbocycles. The Hall–Kier alpha value is -2.22. The van der Waals surface area contributed by atoms with E-state index in [1.54, 1.807) is 17.7 Å². The number of piperazine rings is 1. The summed E-state index contributed by atoms with van der Waals surface area (Å²) in [4.78, 5) is 28.2. The van der Waals surface area contributed by atoms with Crippen molar-refractivity contribution in [1.82, 2.24) is 19.8 Å². The predicted molar refractivity (Wildman–Crippen MR) is 126 cm³/mol. The number of fused-ring (bicyclic) bond motifs is 1. The fraction of sp³-hybridized carbons (Fsp3) is 0.348. The monoisotopic (exact) mass is 438 g/mol. The van der Waals surface area contributed by atoms with Crippen LogP contribution < -0.4 is 0 Å². The number of nitrogens with zero attached hydrogens (tertiary/aromatic N) is 4. The quantitative estimate of drug-likeness (QED) is 0.425. The lowest BCUT2D eigenvalue weighted by Gasteiger charge is -2.34. The van der Waals surface area contributed by atoms with E-state index >= 15 is 0 Å². The molecule has 5 nitrogen and oxygen atoms in total. The first-order valence-corrected chi connectivity index (χ1v) is 12.0. The molecule has 1 aliphatic rings. The van der Waals surface area contributed by atoms with Crippen LogP contribution in [0.5, 0.6) is 0 Å².